The first-order valence-electron chi connectivity index (χ1n) is 13.6. The predicted octanol–water partition coefficient (Wildman–Crippen LogP) is 2.75. The van der Waals surface area contributed by atoms with Crippen LogP contribution in [0.5, 0.6) is 0 Å². The topological polar surface area (TPSA) is 110 Å². The number of benzene rings is 1. The number of imide groups is 1. The molecule has 9 nitrogen and oxygen atoms in total. The third-order valence-electron chi connectivity index (χ3n) is 7.19. The largest absolute Gasteiger partial charge is 0.463 e. The summed E-state index contributed by atoms with van der Waals surface area (Å²) in [5.74, 6) is -4.42. The Morgan fingerprint density at radius 3 is 2.11 bits per heavy atom. The number of likely N-dealkylation sites (N-methyl/N-ethyl adjacent to an activating group) is 1. The Hall–Kier alpha value is -2.78. The van der Waals surface area contributed by atoms with Crippen LogP contribution in [0.25, 0.3) is 0 Å². The zero-order valence-corrected chi connectivity index (χ0v) is 24.0. The molecule has 1 aromatic carbocycles. The molecule has 1 heterocycles. The minimum absolute atomic E-state index is 0.0682. The minimum atomic E-state index is -0.807. The maximum Gasteiger partial charge on any atom is 0.309 e. The van der Waals surface area contributed by atoms with Crippen LogP contribution >= 0.6 is 0 Å². The number of rotatable bonds is 14. The monoisotopic (exact) mass is 533 g/mol. The number of ether oxygens (including phenoxy) is 2. The van der Waals surface area contributed by atoms with Crippen LogP contribution in [-0.2, 0) is 41.5 Å². The first-order valence-corrected chi connectivity index (χ1v) is 13.6. The molecule has 38 heavy (non-hydrogen) atoms. The van der Waals surface area contributed by atoms with Gasteiger partial charge in [0.1, 0.15) is 19.8 Å². The maximum absolute atomic E-state index is 13.7. The molecule has 1 aliphatic heterocycles. The number of para-hydroxylation sites is 1. The van der Waals surface area contributed by atoms with E-state index in [-0.39, 0.29) is 44.5 Å². The number of carbonyl (C=O) groups is 4. The van der Waals surface area contributed by atoms with Gasteiger partial charge in [-0.3, -0.25) is 19.2 Å². The lowest BCUT2D eigenvalue weighted by Gasteiger charge is -2.25. The van der Waals surface area contributed by atoms with E-state index in [1.807, 2.05) is 53.2 Å². The number of hydrogen-bond donors (Lipinski definition) is 1. The molecule has 1 saturated heterocycles. The zero-order valence-electron chi connectivity index (χ0n) is 24.0. The third-order valence-corrected chi connectivity index (χ3v) is 7.19. The highest BCUT2D eigenvalue weighted by Crippen LogP contribution is 2.39. The van der Waals surface area contributed by atoms with Crippen molar-refractivity contribution in [3.8, 4) is 0 Å². The van der Waals surface area contributed by atoms with Crippen molar-refractivity contribution in [2.45, 2.75) is 53.4 Å². The van der Waals surface area contributed by atoms with Gasteiger partial charge < -0.3 is 19.1 Å². The minimum Gasteiger partial charge on any atom is -0.463 e. The summed E-state index contributed by atoms with van der Waals surface area (Å²) in [5.41, 5.74) is 2.49. The van der Waals surface area contributed by atoms with Crippen LogP contribution in [0.15, 0.2) is 18.2 Å². The highest BCUT2D eigenvalue weighted by atomic mass is 16.5. The fourth-order valence-electron chi connectivity index (χ4n) is 4.84. The molecule has 4 unspecified atom stereocenters. The van der Waals surface area contributed by atoms with Gasteiger partial charge in [-0.15, -0.1) is 0 Å². The van der Waals surface area contributed by atoms with Gasteiger partial charge >= 0.3 is 11.9 Å². The molecule has 9 heteroatoms. The van der Waals surface area contributed by atoms with E-state index in [1.54, 1.807) is 13.8 Å². The summed E-state index contributed by atoms with van der Waals surface area (Å²) < 4.78 is 11.3. The lowest BCUT2D eigenvalue weighted by molar-refractivity contribution is -0.870. The van der Waals surface area contributed by atoms with E-state index in [0.29, 0.717) is 29.6 Å². The summed E-state index contributed by atoms with van der Waals surface area (Å²) in [4.78, 5) is 54.0. The number of quaternary nitrogens is 1. The molecule has 0 saturated carbocycles. The molecule has 1 fully saturated rings. The van der Waals surface area contributed by atoms with Gasteiger partial charge in [0, 0.05) is 5.92 Å². The Morgan fingerprint density at radius 2 is 1.58 bits per heavy atom. The molecule has 2 amide bonds. The Balaban J connectivity index is 2.26. The van der Waals surface area contributed by atoms with Gasteiger partial charge in [0.15, 0.2) is 0 Å². The van der Waals surface area contributed by atoms with E-state index in [1.165, 1.54) is 4.90 Å². The van der Waals surface area contributed by atoms with Crippen molar-refractivity contribution >= 4 is 29.4 Å². The molecule has 0 spiro atoms. The Morgan fingerprint density at radius 1 is 1.00 bits per heavy atom. The van der Waals surface area contributed by atoms with Crippen LogP contribution in [0.4, 0.5) is 5.69 Å². The summed E-state index contributed by atoms with van der Waals surface area (Å²) in [5, 5.41) is 9.13. The van der Waals surface area contributed by atoms with Gasteiger partial charge in [-0.05, 0) is 36.8 Å². The lowest BCUT2D eigenvalue weighted by Crippen LogP contribution is -2.38. The van der Waals surface area contributed by atoms with Crippen LogP contribution < -0.4 is 4.90 Å². The van der Waals surface area contributed by atoms with E-state index in [4.69, 9.17) is 14.6 Å². The predicted molar refractivity (Wildman–Crippen MR) is 144 cm³/mol. The summed E-state index contributed by atoms with van der Waals surface area (Å²) in [7, 11) is 5.99. The van der Waals surface area contributed by atoms with Crippen molar-refractivity contribution in [3.05, 3.63) is 29.3 Å². The van der Waals surface area contributed by atoms with Crippen LogP contribution in [-0.4, -0.2) is 80.9 Å². The summed E-state index contributed by atoms with van der Waals surface area (Å²) in [6.45, 7) is 7.75. The number of esters is 2. The fraction of sp³-hybridized carbons (Fsp3) is 0.655. The van der Waals surface area contributed by atoms with Crippen molar-refractivity contribution < 1.29 is 38.2 Å². The fourth-order valence-corrected chi connectivity index (χ4v) is 4.84. The van der Waals surface area contributed by atoms with Crippen molar-refractivity contribution in [2.75, 3.05) is 52.4 Å². The first kappa shape index (κ1) is 31.4. The van der Waals surface area contributed by atoms with Crippen LogP contribution in [0.2, 0.25) is 0 Å². The van der Waals surface area contributed by atoms with Gasteiger partial charge in [-0.1, -0.05) is 45.9 Å². The van der Waals surface area contributed by atoms with E-state index in [0.717, 1.165) is 11.1 Å². The number of anilines is 1. The molecule has 0 radical (unpaired) electrons. The number of aliphatic hydroxyl groups excluding tert-OH is 1. The van der Waals surface area contributed by atoms with Crippen LogP contribution in [0.3, 0.4) is 0 Å². The van der Waals surface area contributed by atoms with Gasteiger partial charge in [-0.25, -0.2) is 4.90 Å². The van der Waals surface area contributed by atoms with Crippen LogP contribution in [0, 0.1) is 23.7 Å². The Bertz CT molecular complexity index is 979. The van der Waals surface area contributed by atoms with Gasteiger partial charge in [0.25, 0.3) is 0 Å². The quantitative estimate of drug-likeness (QED) is 0.222. The van der Waals surface area contributed by atoms with E-state index >= 15 is 0 Å². The second kappa shape index (κ2) is 13.8. The lowest BCUT2D eigenvalue weighted by atomic mass is 9.83. The molecule has 212 valence electrons. The SMILES string of the molecule is CCc1cccc(CC)c1N1C(=O)C(C)C(CC(CC(C)C(=O)OCC[N+](C)(C)C)C(=O)OCCO)C1=O. The number of hydrogen-bond acceptors (Lipinski definition) is 7. The van der Waals surface area contributed by atoms with Crippen molar-refractivity contribution in [2.24, 2.45) is 23.7 Å². The molecular formula is C29H45N2O7+. The first-order chi connectivity index (χ1) is 17.9. The molecule has 1 N–H and O–H groups in total. The maximum atomic E-state index is 13.7. The van der Waals surface area contributed by atoms with Gasteiger partial charge in [0.2, 0.25) is 11.8 Å². The summed E-state index contributed by atoms with van der Waals surface area (Å²) in [6, 6.07) is 5.78. The average molecular weight is 534 g/mol. The zero-order chi connectivity index (χ0) is 28.6. The Kier molecular flexibility index (Phi) is 11.5. The average Bonchev–Trinajstić information content (AvgIpc) is 3.07. The summed E-state index contributed by atoms with van der Waals surface area (Å²) >= 11 is 0. The molecule has 0 aromatic heterocycles. The second-order valence-electron chi connectivity index (χ2n) is 11.2. The normalized spacial score (nSPS) is 19.4. The molecule has 0 bridgehead atoms. The van der Waals surface area contributed by atoms with Crippen molar-refractivity contribution in [3.63, 3.8) is 0 Å². The molecule has 0 aliphatic carbocycles. The van der Waals surface area contributed by atoms with Gasteiger partial charge in [0.05, 0.1) is 51.2 Å². The highest BCUT2D eigenvalue weighted by Gasteiger charge is 2.48. The molecule has 1 aliphatic rings. The van der Waals surface area contributed by atoms with Crippen molar-refractivity contribution in [1.82, 2.24) is 0 Å². The molecule has 1 aromatic rings. The standard InChI is InChI=1S/C29H45N2O7/c1-8-21-11-10-12-22(9-2)25(21)30-26(33)20(4)24(27(30)34)18-23(29(36)38-16-14-32)17-19(3)28(35)37-15-13-31(5,6)7/h10-12,19-20,23-24,32H,8-9,13-18H2,1-7H3/q+1. The Labute approximate surface area is 226 Å². The third kappa shape index (κ3) is 7.86. The number of aliphatic hydroxyl groups is 1. The number of carbonyl (C=O) groups excluding carboxylic acids is 4. The molecule has 4 atom stereocenters. The number of nitrogens with zero attached hydrogens (tertiary/aromatic N) is 2. The molecule has 2 rings (SSSR count). The van der Waals surface area contributed by atoms with E-state index in [9.17, 15) is 19.2 Å². The molecular weight excluding hydrogens is 488 g/mol. The van der Waals surface area contributed by atoms with Crippen molar-refractivity contribution in [1.29, 1.82) is 0 Å². The summed E-state index contributed by atoms with van der Waals surface area (Å²) in [6.07, 6.45) is 1.52. The van der Waals surface area contributed by atoms with Gasteiger partial charge in [-0.2, -0.15) is 0 Å². The second-order valence-corrected chi connectivity index (χ2v) is 11.2. The van der Waals surface area contributed by atoms with E-state index < -0.39 is 35.6 Å². The highest BCUT2D eigenvalue weighted by molar-refractivity contribution is 6.22. The van der Waals surface area contributed by atoms with Crippen LogP contribution in [0.1, 0.15) is 51.7 Å². The number of amides is 2. The number of aryl methyl sites for hydroxylation is 2. The van der Waals surface area contributed by atoms with E-state index in [2.05, 4.69) is 0 Å². The smallest absolute Gasteiger partial charge is 0.309 e.